The maximum absolute atomic E-state index is 9.49. The Balaban J connectivity index is 2.18. The van der Waals surface area contributed by atoms with Gasteiger partial charge >= 0.3 is 0 Å². The number of aliphatic hydroxyl groups excluding tert-OH is 1. The summed E-state index contributed by atoms with van der Waals surface area (Å²) in [6.07, 6.45) is 3.27. The maximum atomic E-state index is 9.49. The summed E-state index contributed by atoms with van der Waals surface area (Å²) in [5.41, 5.74) is 1.69. The van der Waals surface area contributed by atoms with E-state index in [1.54, 1.807) is 6.20 Å². The van der Waals surface area contributed by atoms with Gasteiger partial charge in [0.1, 0.15) is 0 Å². The zero-order valence-electron chi connectivity index (χ0n) is 8.89. The summed E-state index contributed by atoms with van der Waals surface area (Å²) < 4.78 is 4.83. The molecule has 0 aromatic carbocycles. The van der Waals surface area contributed by atoms with Crippen LogP contribution in [0.1, 0.15) is 24.8 Å². The first-order valence-corrected chi connectivity index (χ1v) is 5.23. The summed E-state index contributed by atoms with van der Waals surface area (Å²) in [5, 5.41) is 9.49. The maximum Gasteiger partial charge on any atom is 0.198 e. The fraction of sp³-hybridized carbons (Fsp3) is 0.545. The van der Waals surface area contributed by atoms with E-state index in [4.69, 9.17) is 4.74 Å². The number of nitrogens with zero attached hydrogens (tertiary/aromatic N) is 2. The standard InChI is InChI=1S/C11H16N2O2/c1-15-11(14)10-8-9(4-5-12-10)13-6-2-3-7-13/h4-5,8,11,14H,2-3,6-7H2,1H3. The minimum absolute atomic E-state index is 0.571. The van der Waals surface area contributed by atoms with Gasteiger partial charge in [0.25, 0.3) is 0 Å². The van der Waals surface area contributed by atoms with Gasteiger partial charge in [0.2, 0.25) is 0 Å². The molecule has 0 amide bonds. The summed E-state index contributed by atoms with van der Waals surface area (Å²) in [7, 11) is 1.47. The molecule has 4 heteroatoms. The molecule has 0 spiro atoms. The number of ether oxygens (including phenoxy) is 1. The van der Waals surface area contributed by atoms with Crippen molar-refractivity contribution in [3.05, 3.63) is 24.0 Å². The Kier molecular flexibility index (Phi) is 3.18. The molecule has 1 atom stereocenters. The van der Waals surface area contributed by atoms with Crippen LogP contribution < -0.4 is 4.90 Å². The predicted molar refractivity (Wildman–Crippen MR) is 57.7 cm³/mol. The van der Waals surface area contributed by atoms with Crippen LogP contribution in [-0.2, 0) is 4.74 Å². The monoisotopic (exact) mass is 208 g/mol. The normalized spacial score (nSPS) is 18.1. The largest absolute Gasteiger partial charge is 0.371 e. The Morgan fingerprint density at radius 3 is 2.87 bits per heavy atom. The number of rotatable bonds is 3. The van der Waals surface area contributed by atoms with Crippen molar-refractivity contribution < 1.29 is 9.84 Å². The summed E-state index contributed by atoms with van der Waals surface area (Å²) in [6, 6.07) is 3.86. The molecule has 2 heterocycles. The number of aromatic nitrogens is 1. The molecule has 15 heavy (non-hydrogen) atoms. The van der Waals surface area contributed by atoms with Crippen molar-refractivity contribution in [2.24, 2.45) is 0 Å². The average Bonchev–Trinajstić information content (AvgIpc) is 2.82. The summed E-state index contributed by atoms with van der Waals surface area (Å²) >= 11 is 0. The van der Waals surface area contributed by atoms with Crippen molar-refractivity contribution in [3.8, 4) is 0 Å². The Labute approximate surface area is 89.5 Å². The first-order chi connectivity index (χ1) is 7.31. The van der Waals surface area contributed by atoms with Gasteiger partial charge in [-0.3, -0.25) is 4.98 Å². The third kappa shape index (κ3) is 2.27. The number of pyridine rings is 1. The van der Waals surface area contributed by atoms with Gasteiger partial charge < -0.3 is 14.7 Å². The molecular weight excluding hydrogens is 192 g/mol. The van der Waals surface area contributed by atoms with E-state index in [-0.39, 0.29) is 0 Å². The molecule has 0 aliphatic carbocycles. The molecular formula is C11H16N2O2. The molecule has 82 valence electrons. The van der Waals surface area contributed by atoms with Crippen molar-refractivity contribution >= 4 is 5.69 Å². The van der Waals surface area contributed by atoms with Gasteiger partial charge in [0, 0.05) is 32.1 Å². The molecule has 1 fully saturated rings. The second kappa shape index (κ2) is 4.59. The number of aliphatic hydroxyl groups is 1. The second-order valence-electron chi connectivity index (χ2n) is 3.72. The minimum atomic E-state index is -0.924. The van der Waals surface area contributed by atoms with Gasteiger partial charge in [0.05, 0.1) is 5.69 Å². The molecule has 1 saturated heterocycles. The predicted octanol–water partition coefficient (Wildman–Crippen LogP) is 1.32. The van der Waals surface area contributed by atoms with Crippen molar-refractivity contribution in [1.82, 2.24) is 4.98 Å². The van der Waals surface area contributed by atoms with Crippen LogP contribution in [0.4, 0.5) is 5.69 Å². The first-order valence-electron chi connectivity index (χ1n) is 5.23. The third-order valence-electron chi connectivity index (χ3n) is 2.71. The molecule has 1 N–H and O–H groups in total. The Morgan fingerprint density at radius 1 is 1.47 bits per heavy atom. The zero-order chi connectivity index (χ0) is 10.7. The molecule has 0 saturated carbocycles. The highest BCUT2D eigenvalue weighted by Crippen LogP contribution is 2.22. The average molecular weight is 208 g/mol. The lowest BCUT2D eigenvalue weighted by Gasteiger charge is -2.18. The minimum Gasteiger partial charge on any atom is -0.371 e. The smallest absolute Gasteiger partial charge is 0.198 e. The van der Waals surface area contributed by atoms with Crippen molar-refractivity contribution in [3.63, 3.8) is 0 Å². The number of hydrogen-bond donors (Lipinski definition) is 1. The van der Waals surface area contributed by atoms with Crippen molar-refractivity contribution in [2.75, 3.05) is 25.1 Å². The molecule has 1 aliphatic heterocycles. The van der Waals surface area contributed by atoms with Crippen LogP contribution in [0.25, 0.3) is 0 Å². The lowest BCUT2D eigenvalue weighted by atomic mass is 10.3. The Bertz CT molecular complexity index is 324. The number of hydrogen-bond acceptors (Lipinski definition) is 4. The number of anilines is 1. The topological polar surface area (TPSA) is 45.6 Å². The van der Waals surface area contributed by atoms with Gasteiger partial charge in [-0.25, -0.2) is 0 Å². The van der Waals surface area contributed by atoms with E-state index in [1.807, 2.05) is 12.1 Å². The van der Waals surface area contributed by atoms with E-state index < -0.39 is 6.29 Å². The molecule has 1 aromatic heterocycles. The highest BCUT2D eigenvalue weighted by Gasteiger charge is 2.14. The molecule has 4 nitrogen and oxygen atoms in total. The Hall–Kier alpha value is -1.13. The van der Waals surface area contributed by atoms with Crippen LogP contribution >= 0.6 is 0 Å². The van der Waals surface area contributed by atoms with Crippen LogP contribution in [0.3, 0.4) is 0 Å². The van der Waals surface area contributed by atoms with Crippen LogP contribution in [-0.4, -0.2) is 30.3 Å². The lowest BCUT2D eigenvalue weighted by molar-refractivity contribution is -0.0798. The van der Waals surface area contributed by atoms with Crippen LogP contribution in [0.5, 0.6) is 0 Å². The van der Waals surface area contributed by atoms with Crippen molar-refractivity contribution in [1.29, 1.82) is 0 Å². The number of methoxy groups -OCH3 is 1. The van der Waals surface area contributed by atoms with E-state index >= 15 is 0 Å². The molecule has 0 radical (unpaired) electrons. The third-order valence-corrected chi connectivity index (χ3v) is 2.71. The highest BCUT2D eigenvalue weighted by molar-refractivity contribution is 5.47. The molecule has 0 bridgehead atoms. The van der Waals surface area contributed by atoms with Gasteiger partial charge in [-0.2, -0.15) is 0 Å². The zero-order valence-corrected chi connectivity index (χ0v) is 8.89. The summed E-state index contributed by atoms with van der Waals surface area (Å²) in [5.74, 6) is 0. The molecule has 1 unspecified atom stereocenters. The summed E-state index contributed by atoms with van der Waals surface area (Å²) in [4.78, 5) is 6.38. The summed E-state index contributed by atoms with van der Waals surface area (Å²) in [6.45, 7) is 2.18. The molecule has 1 aromatic rings. The van der Waals surface area contributed by atoms with Crippen molar-refractivity contribution in [2.45, 2.75) is 19.1 Å². The van der Waals surface area contributed by atoms with E-state index in [0.29, 0.717) is 5.69 Å². The first kappa shape index (κ1) is 10.4. The van der Waals surface area contributed by atoms with E-state index in [0.717, 1.165) is 18.8 Å². The van der Waals surface area contributed by atoms with E-state index in [9.17, 15) is 5.11 Å². The fourth-order valence-electron chi connectivity index (χ4n) is 1.86. The molecule has 1 aliphatic rings. The van der Waals surface area contributed by atoms with Crippen LogP contribution in [0.2, 0.25) is 0 Å². The Morgan fingerprint density at radius 2 is 2.20 bits per heavy atom. The lowest BCUT2D eigenvalue weighted by Crippen LogP contribution is -2.18. The van der Waals surface area contributed by atoms with E-state index in [2.05, 4.69) is 9.88 Å². The van der Waals surface area contributed by atoms with Gasteiger partial charge in [0.15, 0.2) is 6.29 Å². The SMILES string of the molecule is COC(O)c1cc(N2CCCC2)ccn1. The molecule has 2 rings (SSSR count). The van der Waals surface area contributed by atoms with Crippen LogP contribution in [0, 0.1) is 0 Å². The van der Waals surface area contributed by atoms with Gasteiger partial charge in [-0.05, 0) is 25.0 Å². The second-order valence-corrected chi connectivity index (χ2v) is 3.72. The van der Waals surface area contributed by atoms with E-state index in [1.165, 1.54) is 20.0 Å². The fourth-order valence-corrected chi connectivity index (χ4v) is 1.86. The van der Waals surface area contributed by atoms with Crippen LogP contribution in [0.15, 0.2) is 18.3 Å². The van der Waals surface area contributed by atoms with Gasteiger partial charge in [-0.1, -0.05) is 0 Å². The highest BCUT2D eigenvalue weighted by atomic mass is 16.6. The quantitative estimate of drug-likeness (QED) is 0.761. The van der Waals surface area contributed by atoms with Gasteiger partial charge in [-0.15, -0.1) is 0 Å².